The summed E-state index contributed by atoms with van der Waals surface area (Å²) in [6.07, 6.45) is 8.32. The summed E-state index contributed by atoms with van der Waals surface area (Å²) in [5.74, 6) is 1.99. The van der Waals surface area contributed by atoms with Gasteiger partial charge < -0.3 is 10.1 Å². The topological polar surface area (TPSA) is 51.2 Å². The fourth-order valence-electron chi connectivity index (χ4n) is 6.56. The molecular formula is C27H28N2O2. The number of carbonyl (C=O) groups is 1. The molecule has 1 aromatic heterocycles. The summed E-state index contributed by atoms with van der Waals surface area (Å²) in [7, 11) is 0. The van der Waals surface area contributed by atoms with Crippen molar-refractivity contribution < 1.29 is 9.53 Å². The van der Waals surface area contributed by atoms with E-state index in [-0.39, 0.29) is 17.6 Å². The summed E-state index contributed by atoms with van der Waals surface area (Å²) in [6.45, 7) is 2.29. The number of carbonyl (C=O) groups excluding carboxylic acids is 1. The van der Waals surface area contributed by atoms with Crippen LogP contribution in [0.2, 0.25) is 0 Å². The summed E-state index contributed by atoms with van der Waals surface area (Å²) in [5, 5.41) is 4.14. The third-order valence-corrected chi connectivity index (χ3v) is 8.12. The molecule has 4 unspecified atom stereocenters. The van der Waals surface area contributed by atoms with Gasteiger partial charge in [0.2, 0.25) is 0 Å². The van der Waals surface area contributed by atoms with Crippen LogP contribution in [0.15, 0.2) is 60.8 Å². The smallest absolute Gasteiger partial charge is 0.255 e. The van der Waals surface area contributed by atoms with Crippen LogP contribution in [0.25, 0.3) is 10.9 Å². The van der Waals surface area contributed by atoms with Crippen molar-refractivity contribution in [2.24, 2.45) is 17.8 Å². The molecule has 2 aromatic carbocycles. The Morgan fingerprint density at radius 2 is 2.03 bits per heavy atom. The molecule has 3 aromatic rings. The van der Waals surface area contributed by atoms with Gasteiger partial charge in [0.25, 0.3) is 5.91 Å². The molecule has 4 heteroatoms. The SMILES string of the molecule is CCC12CC3CCC1CC3[C@H](c1ccnc3ccc(NC(=O)c4ccccc4)cc13)O2. The van der Waals surface area contributed by atoms with E-state index in [0.717, 1.165) is 34.8 Å². The lowest BCUT2D eigenvalue weighted by Crippen LogP contribution is -2.59. The number of nitrogens with zero attached hydrogens (tertiary/aromatic N) is 1. The second-order valence-electron chi connectivity index (χ2n) is 9.55. The fraction of sp³-hybridized carbons (Fsp3) is 0.407. The van der Waals surface area contributed by atoms with Crippen molar-refractivity contribution in [2.45, 2.75) is 50.7 Å². The van der Waals surface area contributed by atoms with Gasteiger partial charge in [0.1, 0.15) is 0 Å². The monoisotopic (exact) mass is 412 g/mol. The van der Waals surface area contributed by atoms with Gasteiger partial charge in [-0.25, -0.2) is 0 Å². The number of hydrogen-bond acceptors (Lipinski definition) is 3. The lowest BCUT2D eigenvalue weighted by molar-refractivity contribution is -0.271. The molecule has 0 radical (unpaired) electrons. The highest BCUT2D eigenvalue weighted by Crippen LogP contribution is 2.63. The summed E-state index contributed by atoms with van der Waals surface area (Å²) in [4.78, 5) is 17.3. The van der Waals surface area contributed by atoms with Gasteiger partial charge in [-0.2, -0.15) is 0 Å². The molecule has 1 N–H and O–H groups in total. The van der Waals surface area contributed by atoms with Crippen LogP contribution >= 0.6 is 0 Å². The van der Waals surface area contributed by atoms with Crippen molar-refractivity contribution >= 4 is 22.5 Å². The first-order chi connectivity index (χ1) is 15.2. The molecule has 5 fully saturated rings. The van der Waals surface area contributed by atoms with Gasteiger partial charge in [0.05, 0.1) is 17.2 Å². The molecular weight excluding hydrogens is 384 g/mol. The van der Waals surface area contributed by atoms with Crippen LogP contribution in [0, 0.1) is 17.8 Å². The van der Waals surface area contributed by atoms with Crippen LogP contribution in [0.4, 0.5) is 5.69 Å². The molecule has 2 saturated heterocycles. The number of amides is 1. The van der Waals surface area contributed by atoms with Crippen molar-refractivity contribution in [1.82, 2.24) is 4.98 Å². The standard InChI is InChI=1S/C27H28N2O2/c1-2-27-16-18-8-9-19(27)14-22(18)25(31-27)21-12-13-28-24-11-10-20(15-23(21)24)29-26(30)17-6-4-3-5-7-17/h3-7,10-13,15,18-19,22,25H,2,8-9,14,16H2,1H3,(H,29,30)/t18?,19?,22?,25-,27?/m0/s1. The average molecular weight is 413 g/mol. The van der Waals surface area contributed by atoms with Crippen LogP contribution in [0.1, 0.15) is 61.1 Å². The zero-order valence-electron chi connectivity index (χ0n) is 17.9. The summed E-state index contributed by atoms with van der Waals surface area (Å²) in [6, 6.07) is 17.5. The van der Waals surface area contributed by atoms with E-state index in [1.165, 1.54) is 31.2 Å². The Hall–Kier alpha value is -2.72. The van der Waals surface area contributed by atoms with E-state index in [0.29, 0.717) is 11.5 Å². The Morgan fingerprint density at radius 3 is 2.81 bits per heavy atom. The largest absolute Gasteiger partial charge is 0.366 e. The molecule has 4 bridgehead atoms. The molecule has 8 rings (SSSR count). The number of hydrogen-bond donors (Lipinski definition) is 1. The van der Waals surface area contributed by atoms with Crippen molar-refractivity contribution in [3.05, 3.63) is 71.9 Å². The highest BCUT2D eigenvalue weighted by Gasteiger charge is 2.59. The predicted molar refractivity (Wildman–Crippen MR) is 122 cm³/mol. The van der Waals surface area contributed by atoms with Crippen molar-refractivity contribution in [1.29, 1.82) is 0 Å². The number of pyridine rings is 1. The second kappa shape index (κ2) is 7.16. The Kier molecular flexibility index (Phi) is 4.39. The molecule has 5 aliphatic rings. The normalized spacial score (nSPS) is 31.1. The Morgan fingerprint density at radius 1 is 1.16 bits per heavy atom. The van der Waals surface area contributed by atoms with Gasteiger partial charge in [0, 0.05) is 22.8 Å². The minimum Gasteiger partial charge on any atom is -0.366 e. The molecule has 158 valence electrons. The first kappa shape index (κ1) is 19.0. The first-order valence-electron chi connectivity index (χ1n) is 11.6. The zero-order valence-corrected chi connectivity index (χ0v) is 17.9. The van der Waals surface area contributed by atoms with Gasteiger partial charge in [-0.15, -0.1) is 0 Å². The molecule has 3 aliphatic carbocycles. The maximum atomic E-state index is 12.7. The van der Waals surface area contributed by atoms with Crippen molar-refractivity contribution in [2.75, 3.05) is 5.32 Å². The third kappa shape index (κ3) is 3.00. The quantitative estimate of drug-likeness (QED) is 0.560. The molecule has 3 saturated carbocycles. The zero-order chi connectivity index (χ0) is 21.0. The second-order valence-corrected chi connectivity index (χ2v) is 9.55. The molecule has 4 nitrogen and oxygen atoms in total. The van der Waals surface area contributed by atoms with E-state index in [1.807, 2.05) is 48.7 Å². The average Bonchev–Trinajstić information content (AvgIpc) is 2.84. The number of rotatable bonds is 4. The van der Waals surface area contributed by atoms with Crippen molar-refractivity contribution in [3.63, 3.8) is 0 Å². The number of benzene rings is 2. The maximum Gasteiger partial charge on any atom is 0.255 e. The van der Waals surface area contributed by atoms with Crippen LogP contribution in [0.3, 0.4) is 0 Å². The van der Waals surface area contributed by atoms with Crippen molar-refractivity contribution in [3.8, 4) is 0 Å². The van der Waals surface area contributed by atoms with Gasteiger partial charge in [0.15, 0.2) is 0 Å². The number of ether oxygens (including phenoxy) is 1. The fourth-order valence-corrected chi connectivity index (χ4v) is 6.56. The minimum absolute atomic E-state index is 0.0526. The molecule has 2 aliphatic heterocycles. The summed E-state index contributed by atoms with van der Waals surface area (Å²) < 4.78 is 6.93. The minimum atomic E-state index is -0.0967. The highest BCUT2D eigenvalue weighted by atomic mass is 16.5. The van der Waals surface area contributed by atoms with E-state index in [4.69, 9.17) is 4.74 Å². The van der Waals surface area contributed by atoms with E-state index in [2.05, 4.69) is 29.4 Å². The van der Waals surface area contributed by atoms with Crippen LogP contribution in [-0.2, 0) is 4.74 Å². The molecule has 31 heavy (non-hydrogen) atoms. The molecule has 0 spiro atoms. The number of aromatic nitrogens is 1. The first-order valence-corrected chi connectivity index (χ1v) is 11.6. The molecule has 1 amide bonds. The number of fused-ring (bicyclic) bond motifs is 3. The lowest BCUT2D eigenvalue weighted by Gasteiger charge is -2.62. The number of nitrogens with one attached hydrogen (secondary N) is 1. The lowest BCUT2D eigenvalue weighted by atomic mass is 9.53. The Balaban J connectivity index is 1.36. The van der Waals surface area contributed by atoms with Gasteiger partial charge >= 0.3 is 0 Å². The van der Waals surface area contributed by atoms with Gasteiger partial charge in [-0.3, -0.25) is 9.78 Å². The van der Waals surface area contributed by atoms with Crippen LogP contribution in [0.5, 0.6) is 0 Å². The maximum absolute atomic E-state index is 12.7. The molecule has 3 heterocycles. The highest BCUT2D eigenvalue weighted by molar-refractivity contribution is 6.05. The third-order valence-electron chi connectivity index (χ3n) is 8.12. The van der Waals surface area contributed by atoms with Crippen LogP contribution in [-0.4, -0.2) is 16.5 Å². The van der Waals surface area contributed by atoms with E-state index in [1.54, 1.807) is 0 Å². The summed E-state index contributed by atoms with van der Waals surface area (Å²) >= 11 is 0. The Bertz CT molecular complexity index is 1140. The van der Waals surface area contributed by atoms with Gasteiger partial charge in [-0.1, -0.05) is 25.1 Å². The van der Waals surface area contributed by atoms with E-state index < -0.39 is 0 Å². The van der Waals surface area contributed by atoms with Crippen LogP contribution < -0.4 is 5.32 Å². The van der Waals surface area contributed by atoms with Gasteiger partial charge in [-0.05, 0) is 91.8 Å². The Labute approximate surface area is 183 Å². The number of anilines is 1. The molecule has 5 atom stereocenters. The van der Waals surface area contributed by atoms with E-state index in [9.17, 15) is 4.79 Å². The van der Waals surface area contributed by atoms with E-state index >= 15 is 0 Å². The predicted octanol–water partition coefficient (Wildman–Crippen LogP) is 6.14. The summed E-state index contributed by atoms with van der Waals surface area (Å²) in [5.41, 5.74) is 3.69.